The van der Waals surface area contributed by atoms with Crippen molar-refractivity contribution in [2.24, 2.45) is 0 Å². The minimum atomic E-state index is -0.342. The SMILES string of the molecule is CCN(C/C=C/C=C1/CN(C(=O)COc2ccc(F)cc2)CCC1=N)CC1CC=CN1. The first kappa shape index (κ1) is 22.7. The van der Waals surface area contributed by atoms with Gasteiger partial charge in [0.1, 0.15) is 11.6 Å². The molecule has 0 spiro atoms. The van der Waals surface area contributed by atoms with E-state index in [1.165, 1.54) is 24.3 Å². The van der Waals surface area contributed by atoms with Gasteiger partial charge in [-0.3, -0.25) is 9.69 Å². The molecule has 166 valence electrons. The molecule has 2 aliphatic heterocycles. The maximum atomic E-state index is 13.0. The normalized spacial score (nSPS) is 20.1. The van der Waals surface area contributed by atoms with E-state index in [-0.39, 0.29) is 18.3 Å². The number of benzene rings is 1. The molecule has 1 fully saturated rings. The molecule has 0 bridgehead atoms. The van der Waals surface area contributed by atoms with Gasteiger partial charge < -0.3 is 20.4 Å². The van der Waals surface area contributed by atoms with Crippen LogP contribution in [0.2, 0.25) is 0 Å². The molecular weight excluding hydrogens is 395 g/mol. The molecular formula is C24H31FN4O2. The number of nitrogens with one attached hydrogen (secondary N) is 2. The van der Waals surface area contributed by atoms with Gasteiger partial charge in [0.25, 0.3) is 5.91 Å². The molecule has 0 saturated carbocycles. The lowest BCUT2D eigenvalue weighted by Gasteiger charge is -2.29. The van der Waals surface area contributed by atoms with Crippen LogP contribution in [0, 0.1) is 11.2 Å². The van der Waals surface area contributed by atoms with Crippen molar-refractivity contribution in [1.82, 2.24) is 15.1 Å². The van der Waals surface area contributed by atoms with Crippen LogP contribution in [0.25, 0.3) is 0 Å². The number of amides is 1. The molecule has 0 aromatic heterocycles. The van der Waals surface area contributed by atoms with Crippen molar-refractivity contribution in [2.75, 3.05) is 39.3 Å². The minimum absolute atomic E-state index is 0.0996. The van der Waals surface area contributed by atoms with Gasteiger partial charge in [-0.15, -0.1) is 0 Å². The van der Waals surface area contributed by atoms with Crippen LogP contribution >= 0.6 is 0 Å². The fourth-order valence-electron chi connectivity index (χ4n) is 3.59. The molecule has 2 N–H and O–H groups in total. The van der Waals surface area contributed by atoms with E-state index in [9.17, 15) is 9.18 Å². The number of carbonyl (C=O) groups is 1. The van der Waals surface area contributed by atoms with Crippen LogP contribution in [0.4, 0.5) is 4.39 Å². The second-order valence-electron chi connectivity index (χ2n) is 7.76. The highest BCUT2D eigenvalue weighted by Gasteiger charge is 2.22. The van der Waals surface area contributed by atoms with E-state index < -0.39 is 0 Å². The van der Waals surface area contributed by atoms with Gasteiger partial charge in [0.2, 0.25) is 0 Å². The van der Waals surface area contributed by atoms with E-state index in [0.29, 0.717) is 37.0 Å². The van der Waals surface area contributed by atoms with Gasteiger partial charge >= 0.3 is 0 Å². The third-order valence-electron chi connectivity index (χ3n) is 5.50. The van der Waals surface area contributed by atoms with Gasteiger partial charge in [-0.05, 0) is 49.0 Å². The summed E-state index contributed by atoms with van der Waals surface area (Å²) >= 11 is 0. The Balaban J connectivity index is 1.47. The highest BCUT2D eigenvalue weighted by Crippen LogP contribution is 2.15. The molecule has 1 atom stereocenters. The van der Waals surface area contributed by atoms with Crippen LogP contribution < -0.4 is 10.1 Å². The van der Waals surface area contributed by atoms with Crippen molar-refractivity contribution in [2.45, 2.75) is 25.8 Å². The topological polar surface area (TPSA) is 68.7 Å². The first-order valence-electron chi connectivity index (χ1n) is 10.8. The summed E-state index contributed by atoms with van der Waals surface area (Å²) in [4.78, 5) is 16.6. The Morgan fingerprint density at radius 2 is 2.19 bits per heavy atom. The standard InChI is InChI=1S/C24H31FN4O2/c1-2-28(17-21-7-5-13-27-21)14-4-3-6-19-16-29(15-12-23(19)26)24(30)18-31-22-10-8-20(25)9-11-22/h3-6,8-11,13,21,26-27H,2,7,12,14-18H2,1H3/b4-3+,19-6-,26-23?. The largest absolute Gasteiger partial charge is 0.484 e. The van der Waals surface area contributed by atoms with Crippen molar-refractivity contribution in [3.63, 3.8) is 0 Å². The number of allylic oxidation sites excluding steroid dienone is 2. The van der Waals surface area contributed by atoms with E-state index in [4.69, 9.17) is 10.1 Å². The number of piperidine rings is 1. The highest BCUT2D eigenvalue weighted by molar-refractivity contribution is 6.00. The molecule has 1 amide bonds. The fraction of sp³-hybridized carbons (Fsp3) is 0.417. The first-order valence-corrected chi connectivity index (χ1v) is 10.8. The lowest BCUT2D eigenvalue weighted by molar-refractivity contribution is -0.133. The highest BCUT2D eigenvalue weighted by atomic mass is 19.1. The van der Waals surface area contributed by atoms with Crippen LogP contribution in [0.5, 0.6) is 5.75 Å². The van der Waals surface area contributed by atoms with Crippen LogP contribution in [0.15, 0.2) is 60.3 Å². The average Bonchev–Trinajstić information content (AvgIpc) is 3.29. The summed E-state index contributed by atoms with van der Waals surface area (Å²) in [5.41, 5.74) is 1.42. The summed E-state index contributed by atoms with van der Waals surface area (Å²) in [6.07, 6.45) is 11.8. The van der Waals surface area contributed by atoms with E-state index in [2.05, 4.69) is 29.3 Å². The first-order chi connectivity index (χ1) is 15.0. The molecule has 2 aliphatic rings. The van der Waals surface area contributed by atoms with E-state index in [1.807, 2.05) is 18.4 Å². The summed E-state index contributed by atoms with van der Waals surface area (Å²) in [5.74, 6) is -0.0193. The van der Waals surface area contributed by atoms with Gasteiger partial charge in [-0.1, -0.05) is 31.2 Å². The number of halogens is 1. The van der Waals surface area contributed by atoms with Crippen molar-refractivity contribution in [3.8, 4) is 5.75 Å². The molecule has 7 heteroatoms. The predicted molar refractivity (Wildman–Crippen MR) is 121 cm³/mol. The molecule has 1 saturated heterocycles. The van der Waals surface area contributed by atoms with E-state index in [1.54, 1.807) is 4.90 Å². The zero-order valence-corrected chi connectivity index (χ0v) is 18.0. The quantitative estimate of drug-likeness (QED) is 0.637. The number of nitrogens with zero attached hydrogens (tertiary/aromatic N) is 2. The van der Waals surface area contributed by atoms with Crippen molar-refractivity contribution >= 4 is 11.6 Å². The third kappa shape index (κ3) is 7.07. The van der Waals surface area contributed by atoms with Gasteiger partial charge in [0.15, 0.2) is 6.61 Å². The van der Waals surface area contributed by atoms with Crippen LogP contribution in [-0.4, -0.2) is 66.8 Å². The number of rotatable bonds is 9. The third-order valence-corrected chi connectivity index (χ3v) is 5.50. The number of hydrogen-bond donors (Lipinski definition) is 2. The lowest BCUT2D eigenvalue weighted by Crippen LogP contribution is -2.42. The monoisotopic (exact) mass is 426 g/mol. The van der Waals surface area contributed by atoms with Crippen molar-refractivity contribution < 1.29 is 13.9 Å². The van der Waals surface area contributed by atoms with E-state index in [0.717, 1.165) is 31.6 Å². The zero-order chi connectivity index (χ0) is 22.1. The Kier molecular flexibility index (Phi) is 8.41. The number of carbonyl (C=O) groups excluding carboxylic acids is 1. The molecule has 2 heterocycles. The van der Waals surface area contributed by atoms with Gasteiger partial charge in [-0.25, -0.2) is 4.39 Å². The average molecular weight is 427 g/mol. The summed E-state index contributed by atoms with van der Waals surface area (Å²) in [7, 11) is 0. The Morgan fingerprint density at radius 3 is 2.90 bits per heavy atom. The molecule has 1 aromatic carbocycles. The summed E-state index contributed by atoms with van der Waals surface area (Å²) in [6.45, 7) is 5.80. The molecule has 0 radical (unpaired) electrons. The summed E-state index contributed by atoms with van der Waals surface area (Å²) < 4.78 is 18.4. The Bertz CT molecular complexity index is 840. The second kappa shape index (κ2) is 11.5. The van der Waals surface area contributed by atoms with Gasteiger partial charge in [0, 0.05) is 44.4 Å². The number of ether oxygens (including phenoxy) is 1. The van der Waals surface area contributed by atoms with Crippen LogP contribution in [0.3, 0.4) is 0 Å². The Morgan fingerprint density at radius 1 is 1.39 bits per heavy atom. The molecule has 31 heavy (non-hydrogen) atoms. The van der Waals surface area contributed by atoms with Crippen molar-refractivity contribution in [1.29, 1.82) is 5.41 Å². The molecule has 1 aromatic rings. The molecule has 0 aliphatic carbocycles. The van der Waals surface area contributed by atoms with E-state index >= 15 is 0 Å². The summed E-state index contributed by atoms with van der Waals surface area (Å²) in [5, 5.41) is 11.6. The number of likely N-dealkylation sites (N-methyl/N-ethyl adjacent to an activating group) is 1. The smallest absolute Gasteiger partial charge is 0.260 e. The Hall–Kier alpha value is -2.93. The number of likely N-dealkylation sites (tertiary alicyclic amines) is 1. The van der Waals surface area contributed by atoms with Gasteiger partial charge in [0.05, 0.1) is 0 Å². The Labute approximate surface area is 183 Å². The summed E-state index contributed by atoms with van der Waals surface area (Å²) in [6, 6.07) is 6.09. The second-order valence-corrected chi connectivity index (χ2v) is 7.76. The molecule has 1 unspecified atom stereocenters. The zero-order valence-electron chi connectivity index (χ0n) is 18.0. The maximum Gasteiger partial charge on any atom is 0.260 e. The lowest BCUT2D eigenvalue weighted by atomic mass is 10.0. The van der Waals surface area contributed by atoms with Crippen LogP contribution in [-0.2, 0) is 4.79 Å². The van der Waals surface area contributed by atoms with Crippen molar-refractivity contribution in [3.05, 3.63) is 66.2 Å². The molecule has 3 rings (SSSR count). The number of hydrogen-bond acceptors (Lipinski definition) is 5. The maximum absolute atomic E-state index is 13.0. The fourth-order valence-corrected chi connectivity index (χ4v) is 3.59. The van der Waals surface area contributed by atoms with Crippen LogP contribution in [0.1, 0.15) is 19.8 Å². The van der Waals surface area contributed by atoms with Gasteiger partial charge in [-0.2, -0.15) is 0 Å². The molecule has 6 nitrogen and oxygen atoms in total. The predicted octanol–water partition coefficient (Wildman–Crippen LogP) is 3.14. The minimum Gasteiger partial charge on any atom is -0.484 e.